The molecule has 0 aromatic heterocycles. The molecule has 0 radical (unpaired) electrons. The topological polar surface area (TPSA) is 41.5 Å². The molecule has 0 bridgehead atoms. The zero-order chi connectivity index (χ0) is 11.2. The van der Waals surface area contributed by atoms with Crippen molar-refractivity contribution in [2.24, 2.45) is 5.92 Å². The van der Waals surface area contributed by atoms with Gasteiger partial charge in [-0.25, -0.2) is 0 Å². The summed E-state index contributed by atoms with van der Waals surface area (Å²) in [4.78, 5) is 5.53. The highest BCUT2D eigenvalue weighted by Gasteiger charge is 2.19. The molecular formula is C13H25NO2. The minimum Gasteiger partial charge on any atom is -0.392 e. The molecule has 2 rings (SSSR count). The zero-order valence-electron chi connectivity index (χ0n) is 10.2. The molecule has 0 aromatic rings. The molecule has 2 fully saturated rings. The fraction of sp³-hybridized carbons (Fsp3) is 1.00. The van der Waals surface area contributed by atoms with Gasteiger partial charge in [-0.3, -0.25) is 4.84 Å². The van der Waals surface area contributed by atoms with Gasteiger partial charge in [-0.05, 0) is 25.2 Å². The van der Waals surface area contributed by atoms with Gasteiger partial charge in [0, 0.05) is 6.54 Å². The molecule has 1 unspecified atom stereocenters. The van der Waals surface area contributed by atoms with Crippen LogP contribution in [0.25, 0.3) is 0 Å². The number of aliphatic hydroxyl groups excluding tert-OH is 1. The van der Waals surface area contributed by atoms with Gasteiger partial charge in [-0.15, -0.1) is 0 Å². The van der Waals surface area contributed by atoms with E-state index in [0.717, 1.165) is 12.3 Å². The number of hydroxylamine groups is 1. The van der Waals surface area contributed by atoms with E-state index >= 15 is 0 Å². The molecule has 16 heavy (non-hydrogen) atoms. The maximum absolute atomic E-state index is 9.84. The lowest BCUT2D eigenvalue weighted by atomic mass is 10.0. The molecular weight excluding hydrogens is 202 g/mol. The highest BCUT2D eigenvalue weighted by molar-refractivity contribution is 4.72. The van der Waals surface area contributed by atoms with Gasteiger partial charge in [0.1, 0.15) is 0 Å². The van der Waals surface area contributed by atoms with Gasteiger partial charge in [-0.2, -0.15) is 5.48 Å². The first-order valence-corrected chi connectivity index (χ1v) is 6.91. The van der Waals surface area contributed by atoms with E-state index in [0.29, 0.717) is 12.6 Å². The largest absolute Gasteiger partial charge is 0.392 e. The molecule has 0 aromatic carbocycles. The van der Waals surface area contributed by atoms with E-state index in [1.807, 2.05) is 0 Å². The molecule has 2 N–H and O–H groups in total. The fourth-order valence-corrected chi connectivity index (χ4v) is 2.98. The van der Waals surface area contributed by atoms with Crippen LogP contribution in [0.3, 0.4) is 0 Å². The summed E-state index contributed by atoms with van der Waals surface area (Å²) in [6, 6.07) is 0. The van der Waals surface area contributed by atoms with Crippen LogP contribution in [0.5, 0.6) is 0 Å². The normalized spacial score (nSPS) is 25.3. The Morgan fingerprint density at radius 1 is 1.06 bits per heavy atom. The van der Waals surface area contributed by atoms with Crippen LogP contribution in [0, 0.1) is 5.92 Å². The molecule has 1 atom stereocenters. The van der Waals surface area contributed by atoms with E-state index < -0.39 is 0 Å². The Bertz CT molecular complexity index is 186. The van der Waals surface area contributed by atoms with Gasteiger partial charge < -0.3 is 5.11 Å². The van der Waals surface area contributed by atoms with Crippen LogP contribution in [-0.4, -0.2) is 23.9 Å². The number of nitrogens with one attached hydrogen (secondary N) is 1. The maximum atomic E-state index is 9.84. The lowest BCUT2D eigenvalue weighted by molar-refractivity contribution is -0.0392. The summed E-state index contributed by atoms with van der Waals surface area (Å²) in [6.45, 7) is 0.590. The Hall–Kier alpha value is -0.120. The average Bonchev–Trinajstić information content (AvgIpc) is 2.90. The minimum absolute atomic E-state index is 0.232. The summed E-state index contributed by atoms with van der Waals surface area (Å²) < 4.78 is 0. The van der Waals surface area contributed by atoms with E-state index in [1.54, 1.807) is 0 Å². The fourth-order valence-electron chi connectivity index (χ4n) is 2.98. The molecule has 2 saturated carbocycles. The van der Waals surface area contributed by atoms with Crippen LogP contribution in [0.4, 0.5) is 0 Å². The molecule has 0 saturated heterocycles. The average molecular weight is 227 g/mol. The molecule has 2 aliphatic rings. The first-order valence-electron chi connectivity index (χ1n) is 6.91. The van der Waals surface area contributed by atoms with Crippen molar-refractivity contribution in [1.82, 2.24) is 5.48 Å². The molecule has 0 amide bonds. The van der Waals surface area contributed by atoms with Crippen molar-refractivity contribution in [1.29, 1.82) is 0 Å². The van der Waals surface area contributed by atoms with E-state index in [1.165, 1.54) is 51.4 Å². The van der Waals surface area contributed by atoms with Crippen molar-refractivity contribution in [2.75, 3.05) is 6.54 Å². The lowest BCUT2D eigenvalue weighted by Gasteiger charge is -2.17. The summed E-state index contributed by atoms with van der Waals surface area (Å²) in [5.41, 5.74) is 2.95. The van der Waals surface area contributed by atoms with Crippen LogP contribution in [0.2, 0.25) is 0 Å². The lowest BCUT2D eigenvalue weighted by Crippen LogP contribution is -2.31. The number of rotatable bonds is 6. The Balaban J connectivity index is 1.51. The van der Waals surface area contributed by atoms with Gasteiger partial charge >= 0.3 is 0 Å². The second-order valence-corrected chi connectivity index (χ2v) is 5.41. The van der Waals surface area contributed by atoms with Crippen LogP contribution in [0.1, 0.15) is 57.8 Å². The van der Waals surface area contributed by atoms with Crippen molar-refractivity contribution >= 4 is 0 Å². The molecule has 3 heteroatoms. The standard InChI is InChI=1S/C13H25NO2/c15-12(9-11-5-1-2-6-11)10-14-16-13-7-3-4-8-13/h11-15H,1-10H2. The molecule has 2 aliphatic carbocycles. The zero-order valence-corrected chi connectivity index (χ0v) is 10.2. The van der Waals surface area contributed by atoms with E-state index in [2.05, 4.69) is 5.48 Å². The third kappa shape index (κ3) is 4.04. The highest BCUT2D eigenvalue weighted by atomic mass is 16.7. The van der Waals surface area contributed by atoms with Gasteiger partial charge in [0.05, 0.1) is 12.2 Å². The van der Waals surface area contributed by atoms with Crippen molar-refractivity contribution in [3.05, 3.63) is 0 Å². The molecule has 0 spiro atoms. The van der Waals surface area contributed by atoms with Gasteiger partial charge in [0.25, 0.3) is 0 Å². The van der Waals surface area contributed by atoms with Crippen LogP contribution in [-0.2, 0) is 4.84 Å². The number of hydrogen-bond acceptors (Lipinski definition) is 3. The second-order valence-electron chi connectivity index (χ2n) is 5.41. The van der Waals surface area contributed by atoms with Crippen LogP contribution >= 0.6 is 0 Å². The molecule has 3 nitrogen and oxygen atoms in total. The van der Waals surface area contributed by atoms with Crippen molar-refractivity contribution in [3.8, 4) is 0 Å². The van der Waals surface area contributed by atoms with E-state index in [-0.39, 0.29) is 6.10 Å². The first kappa shape index (κ1) is 12.3. The monoisotopic (exact) mass is 227 g/mol. The summed E-state index contributed by atoms with van der Waals surface area (Å²) in [5.74, 6) is 0.753. The predicted molar refractivity (Wildman–Crippen MR) is 63.9 cm³/mol. The van der Waals surface area contributed by atoms with Crippen LogP contribution in [0.15, 0.2) is 0 Å². The van der Waals surface area contributed by atoms with Gasteiger partial charge in [0.2, 0.25) is 0 Å². The van der Waals surface area contributed by atoms with E-state index in [4.69, 9.17) is 4.84 Å². The first-order chi connectivity index (χ1) is 7.84. The third-order valence-corrected chi connectivity index (χ3v) is 3.95. The van der Waals surface area contributed by atoms with Crippen molar-refractivity contribution in [3.63, 3.8) is 0 Å². The Morgan fingerprint density at radius 3 is 2.38 bits per heavy atom. The second kappa shape index (κ2) is 6.58. The van der Waals surface area contributed by atoms with Gasteiger partial charge in [-0.1, -0.05) is 38.5 Å². The smallest absolute Gasteiger partial charge is 0.0790 e. The Labute approximate surface area is 98.5 Å². The van der Waals surface area contributed by atoms with E-state index in [9.17, 15) is 5.11 Å². The number of hydrogen-bond donors (Lipinski definition) is 2. The maximum Gasteiger partial charge on any atom is 0.0790 e. The SMILES string of the molecule is OC(CNOC1CCCC1)CC1CCCC1. The van der Waals surface area contributed by atoms with Gasteiger partial charge in [0.15, 0.2) is 0 Å². The molecule has 0 heterocycles. The molecule has 0 aliphatic heterocycles. The summed E-state index contributed by atoms with van der Waals surface area (Å²) in [6.07, 6.45) is 11.3. The van der Waals surface area contributed by atoms with Crippen LogP contribution < -0.4 is 5.48 Å². The Morgan fingerprint density at radius 2 is 1.69 bits per heavy atom. The summed E-state index contributed by atoms with van der Waals surface area (Å²) in [7, 11) is 0. The quantitative estimate of drug-likeness (QED) is 0.685. The highest BCUT2D eigenvalue weighted by Crippen LogP contribution is 2.28. The molecule has 94 valence electrons. The predicted octanol–water partition coefficient (Wildman–Crippen LogP) is 2.39. The Kier molecular flexibility index (Phi) is 5.07. The third-order valence-electron chi connectivity index (χ3n) is 3.95. The van der Waals surface area contributed by atoms with Crippen molar-refractivity contribution < 1.29 is 9.94 Å². The summed E-state index contributed by atoms with van der Waals surface area (Å²) in [5, 5.41) is 9.84. The summed E-state index contributed by atoms with van der Waals surface area (Å²) >= 11 is 0. The minimum atomic E-state index is -0.232. The number of aliphatic hydroxyl groups is 1. The van der Waals surface area contributed by atoms with Crippen molar-refractivity contribution in [2.45, 2.75) is 70.0 Å².